The predicted octanol–water partition coefficient (Wildman–Crippen LogP) is 2.55. The molecule has 2 heterocycles. The third-order valence-electron chi connectivity index (χ3n) is 4.29. The average molecular weight is 302 g/mol. The van der Waals surface area contributed by atoms with Gasteiger partial charge < -0.3 is 14.7 Å². The summed E-state index contributed by atoms with van der Waals surface area (Å²) in [6.45, 7) is 4.60. The van der Waals surface area contributed by atoms with Crippen LogP contribution in [0.25, 0.3) is 0 Å². The highest BCUT2D eigenvalue weighted by Gasteiger charge is 2.46. The van der Waals surface area contributed by atoms with Crippen LogP contribution in [0, 0.1) is 11.3 Å². The lowest BCUT2D eigenvalue weighted by Crippen LogP contribution is -2.53. The summed E-state index contributed by atoms with van der Waals surface area (Å²) in [7, 11) is 0. The largest absolute Gasteiger partial charge is 0.485 e. The van der Waals surface area contributed by atoms with Gasteiger partial charge in [0, 0.05) is 12.1 Å². The minimum Gasteiger partial charge on any atom is -0.485 e. The molecule has 0 spiro atoms. The van der Waals surface area contributed by atoms with Gasteiger partial charge in [0.1, 0.15) is 17.5 Å². The summed E-state index contributed by atoms with van der Waals surface area (Å²) in [6, 6.07) is 7.26. The highest BCUT2D eigenvalue weighted by molar-refractivity contribution is 7.80. The number of hydrogen-bond donors (Lipinski definition) is 1. The van der Waals surface area contributed by atoms with Crippen molar-refractivity contribution in [3.8, 4) is 11.8 Å². The molecule has 4 nitrogen and oxygen atoms in total. The van der Waals surface area contributed by atoms with Crippen LogP contribution in [0.3, 0.4) is 0 Å². The molecule has 1 saturated heterocycles. The topological polar surface area (TPSA) is 56.5 Å². The molecule has 0 aromatic heterocycles. The second-order valence-corrected chi connectivity index (χ2v) is 6.62. The molecule has 0 radical (unpaired) electrons. The molecule has 2 aliphatic heterocycles. The molecule has 0 saturated carbocycles. The van der Waals surface area contributed by atoms with Crippen LogP contribution in [-0.4, -0.2) is 33.2 Å². The fraction of sp³-hybridized carbons (Fsp3) is 0.500. The van der Waals surface area contributed by atoms with Gasteiger partial charge in [0.15, 0.2) is 0 Å². The van der Waals surface area contributed by atoms with E-state index in [0.29, 0.717) is 5.56 Å². The first-order chi connectivity index (χ1) is 9.94. The molecule has 1 N–H and O–H groups in total. The molecule has 1 unspecified atom stereocenters. The highest BCUT2D eigenvalue weighted by Crippen LogP contribution is 2.44. The van der Waals surface area contributed by atoms with Crippen LogP contribution < -0.4 is 4.74 Å². The van der Waals surface area contributed by atoms with Gasteiger partial charge in [-0.15, -0.1) is 0 Å². The molecule has 5 heteroatoms. The van der Waals surface area contributed by atoms with E-state index in [9.17, 15) is 5.11 Å². The van der Waals surface area contributed by atoms with Gasteiger partial charge in [-0.05, 0) is 44.9 Å². The van der Waals surface area contributed by atoms with Crippen LogP contribution >= 0.6 is 12.2 Å². The lowest BCUT2D eigenvalue weighted by atomic mass is 9.85. The van der Waals surface area contributed by atoms with Gasteiger partial charge in [-0.1, -0.05) is 12.2 Å². The third kappa shape index (κ3) is 2.29. The van der Waals surface area contributed by atoms with E-state index in [1.54, 1.807) is 12.1 Å². The number of nitrogens with zero attached hydrogens (tertiary/aromatic N) is 2. The smallest absolute Gasteiger partial charge is 0.132 e. The molecule has 2 aliphatic rings. The number of thiocarbonyl (C=S) groups is 1. The Kier molecular flexibility index (Phi) is 3.39. The maximum Gasteiger partial charge on any atom is 0.132 e. The zero-order chi connectivity index (χ0) is 15.2. The Bertz CT molecular complexity index is 636. The molecule has 1 aromatic carbocycles. The molecule has 21 heavy (non-hydrogen) atoms. The number of rotatable bonds is 1. The molecular weight excluding hydrogens is 284 g/mol. The summed E-state index contributed by atoms with van der Waals surface area (Å²) in [5, 5.41) is 19.9. The van der Waals surface area contributed by atoms with Crippen LogP contribution in [0.5, 0.6) is 5.75 Å². The molecular formula is C16H18N2O2S. The monoisotopic (exact) mass is 302 g/mol. The van der Waals surface area contributed by atoms with Crippen molar-refractivity contribution >= 4 is 17.2 Å². The van der Waals surface area contributed by atoms with E-state index in [2.05, 4.69) is 11.0 Å². The quantitative estimate of drug-likeness (QED) is 0.808. The first kappa shape index (κ1) is 14.3. The maximum absolute atomic E-state index is 10.8. The molecule has 1 aromatic rings. The predicted molar refractivity (Wildman–Crippen MR) is 83.1 cm³/mol. The van der Waals surface area contributed by atoms with Crippen LogP contribution in [0.2, 0.25) is 0 Å². The molecule has 0 aliphatic carbocycles. The van der Waals surface area contributed by atoms with Gasteiger partial charge in [-0.3, -0.25) is 0 Å². The second-order valence-electron chi connectivity index (χ2n) is 6.15. The van der Waals surface area contributed by atoms with Gasteiger partial charge in [-0.25, -0.2) is 0 Å². The first-order valence-corrected chi connectivity index (χ1v) is 7.55. The van der Waals surface area contributed by atoms with Gasteiger partial charge >= 0.3 is 0 Å². The normalized spacial score (nSPS) is 27.0. The molecule has 1 fully saturated rings. The first-order valence-electron chi connectivity index (χ1n) is 7.14. The number of fused-ring (bicyclic) bond motifs is 1. The molecule has 0 amide bonds. The Morgan fingerprint density at radius 2 is 2.24 bits per heavy atom. The maximum atomic E-state index is 10.8. The summed E-state index contributed by atoms with van der Waals surface area (Å²) in [5.41, 5.74) is 0.730. The van der Waals surface area contributed by atoms with Gasteiger partial charge in [0.05, 0.1) is 22.7 Å². The molecule has 3 rings (SSSR count). The van der Waals surface area contributed by atoms with Crippen LogP contribution in [0.15, 0.2) is 18.2 Å². The average Bonchev–Trinajstić information content (AvgIpc) is 2.86. The Hall–Kier alpha value is -1.64. The third-order valence-corrected chi connectivity index (χ3v) is 4.73. The van der Waals surface area contributed by atoms with Gasteiger partial charge in [0.2, 0.25) is 0 Å². The minimum absolute atomic E-state index is 0.243. The molecule has 110 valence electrons. The summed E-state index contributed by atoms with van der Waals surface area (Å²) in [4.78, 5) is 2.97. The molecule has 0 bridgehead atoms. The van der Waals surface area contributed by atoms with E-state index >= 15 is 0 Å². The van der Waals surface area contributed by atoms with Crippen LogP contribution in [-0.2, 0) is 0 Å². The fourth-order valence-corrected chi connectivity index (χ4v) is 3.49. The van der Waals surface area contributed by atoms with Crippen molar-refractivity contribution in [3.63, 3.8) is 0 Å². The summed E-state index contributed by atoms with van der Waals surface area (Å²) < 4.78 is 5.93. The second kappa shape index (κ2) is 4.97. The zero-order valence-corrected chi connectivity index (χ0v) is 13.0. The van der Waals surface area contributed by atoms with E-state index in [4.69, 9.17) is 22.2 Å². The van der Waals surface area contributed by atoms with E-state index < -0.39 is 11.7 Å². The minimum atomic E-state index is -0.699. The van der Waals surface area contributed by atoms with Gasteiger partial charge in [-0.2, -0.15) is 5.26 Å². The standard InChI is InChI=1S/C16H18N2O2S/c1-16(2)15(19)14(18-7-3-4-13(18)21)11-8-10(9-17)5-6-12(11)20-16/h5-6,8,14-15,19H,3-4,7H2,1-2H3/t14?,15-/m0/s1. The van der Waals surface area contributed by atoms with Crippen LogP contribution in [0.4, 0.5) is 0 Å². The van der Waals surface area contributed by atoms with E-state index in [1.807, 2.05) is 19.9 Å². The Morgan fingerprint density at radius 3 is 2.86 bits per heavy atom. The Labute approximate surface area is 129 Å². The SMILES string of the molecule is CC1(C)Oc2ccc(C#N)cc2C(N2CCCC2=S)[C@@H]1O. The highest BCUT2D eigenvalue weighted by atomic mass is 32.1. The van der Waals surface area contributed by atoms with Crippen molar-refractivity contribution in [2.24, 2.45) is 0 Å². The number of likely N-dealkylation sites (tertiary alicyclic amines) is 1. The fourth-order valence-electron chi connectivity index (χ4n) is 3.14. The van der Waals surface area contributed by atoms with Crippen molar-refractivity contribution in [2.45, 2.75) is 44.4 Å². The Morgan fingerprint density at radius 1 is 1.48 bits per heavy atom. The molecule has 2 atom stereocenters. The van der Waals surface area contributed by atoms with Crippen molar-refractivity contribution in [2.75, 3.05) is 6.54 Å². The summed E-state index contributed by atoms with van der Waals surface area (Å²) in [5.74, 6) is 0.726. The van der Waals surface area contributed by atoms with Crippen LogP contribution in [0.1, 0.15) is 43.9 Å². The number of nitriles is 1. The number of ether oxygens (including phenoxy) is 1. The lowest BCUT2D eigenvalue weighted by Gasteiger charge is -2.46. The summed E-state index contributed by atoms with van der Waals surface area (Å²) >= 11 is 5.45. The number of aliphatic hydroxyl groups is 1. The van der Waals surface area contributed by atoms with Crippen molar-refractivity contribution in [1.82, 2.24) is 4.90 Å². The lowest BCUT2D eigenvalue weighted by molar-refractivity contribution is -0.0799. The van der Waals surface area contributed by atoms with Crippen molar-refractivity contribution < 1.29 is 9.84 Å². The van der Waals surface area contributed by atoms with E-state index in [0.717, 1.165) is 35.7 Å². The van der Waals surface area contributed by atoms with E-state index in [-0.39, 0.29) is 6.04 Å². The van der Waals surface area contributed by atoms with Crippen molar-refractivity contribution in [3.05, 3.63) is 29.3 Å². The Balaban J connectivity index is 2.12. The number of benzene rings is 1. The van der Waals surface area contributed by atoms with Gasteiger partial charge in [0.25, 0.3) is 0 Å². The zero-order valence-electron chi connectivity index (χ0n) is 12.2. The van der Waals surface area contributed by atoms with E-state index in [1.165, 1.54) is 0 Å². The number of aliphatic hydroxyl groups excluding tert-OH is 1. The summed E-state index contributed by atoms with van der Waals surface area (Å²) in [6.07, 6.45) is 1.19. The van der Waals surface area contributed by atoms with Crippen molar-refractivity contribution in [1.29, 1.82) is 5.26 Å². The number of hydrogen-bond acceptors (Lipinski definition) is 4.